The Morgan fingerprint density at radius 2 is 2.17 bits per heavy atom. The Morgan fingerprint density at radius 1 is 1.33 bits per heavy atom. The average molecular weight is 266 g/mol. The molecule has 0 aromatic rings. The first-order valence-electron chi connectivity index (χ1n) is 7.66. The van der Waals surface area contributed by atoms with Crippen LogP contribution in [0.5, 0.6) is 0 Å². The second kappa shape index (κ2) is 5.07. The van der Waals surface area contributed by atoms with Crippen LogP contribution in [0, 0.1) is 11.8 Å². The Labute approximate surface area is 115 Å². The van der Waals surface area contributed by atoms with E-state index in [1.54, 1.807) is 0 Å². The minimum atomic E-state index is 0.389. The van der Waals surface area contributed by atoms with Gasteiger partial charge in [0.15, 0.2) is 5.17 Å². The fourth-order valence-electron chi connectivity index (χ4n) is 3.69. The molecule has 3 rings (SSSR count). The van der Waals surface area contributed by atoms with Gasteiger partial charge in [-0.1, -0.05) is 37.9 Å². The van der Waals surface area contributed by atoms with Crippen molar-refractivity contribution in [1.29, 1.82) is 0 Å². The van der Waals surface area contributed by atoms with Crippen molar-refractivity contribution in [2.45, 2.75) is 70.4 Å². The van der Waals surface area contributed by atoms with Gasteiger partial charge in [-0.15, -0.1) is 0 Å². The van der Waals surface area contributed by atoms with Crippen molar-refractivity contribution in [3.05, 3.63) is 0 Å². The van der Waals surface area contributed by atoms with Crippen molar-refractivity contribution < 1.29 is 0 Å². The maximum atomic E-state index is 4.94. The molecule has 0 aromatic heterocycles. The maximum Gasteiger partial charge on any atom is 0.157 e. The highest BCUT2D eigenvalue weighted by atomic mass is 32.2. The molecule has 1 spiro atoms. The number of nitrogens with zero attached hydrogens (tertiary/aromatic N) is 1. The van der Waals surface area contributed by atoms with Gasteiger partial charge in [0.2, 0.25) is 0 Å². The molecular weight excluding hydrogens is 240 g/mol. The molecule has 3 fully saturated rings. The molecule has 1 aliphatic heterocycles. The van der Waals surface area contributed by atoms with Gasteiger partial charge in [0.25, 0.3) is 0 Å². The molecule has 0 radical (unpaired) electrons. The summed E-state index contributed by atoms with van der Waals surface area (Å²) in [6, 6.07) is 0.532. The Kier molecular flexibility index (Phi) is 3.61. The van der Waals surface area contributed by atoms with E-state index in [4.69, 9.17) is 4.99 Å². The summed E-state index contributed by atoms with van der Waals surface area (Å²) in [6.07, 6.45) is 9.70. The zero-order chi connectivity index (χ0) is 12.6. The van der Waals surface area contributed by atoms with Gasteiger partial charge in [-0.3, -0.25) is 4.99 Å². The first-order valence-corrected chi connectivity index (χ1v) is 8.64. The van der Waals surface area contributed by atoms with Crippen LogP contribution in [-0.2, 0) is 0 Å². The van der Waals surface area contributed by atoms with Gasteiger partial charge in [-0.2, -0.15) is 0 Å². The normalized spacial score (nSPS) is 40.8. The van der Waals surface area contributed by atoms with Crippen molar-refractivity contribution in [2.75, 3.05) is 5.75 Å². The second-order valence-corrected chi connectivity index (χ2v) is 7.73. The first kappa shape index (κ1) is 12.8. The van der Waals surface area contributed by atoms with Gasteiger partial charge in [-0.25, -0.2) is 0 Å². The number of nitrogens with one attached hydrogen (secondary N) is 1. The molecule has 3 unspecified atom stereocenters. The molecule has 2 saturated carbocycles. The van der Waals surface area contributed by atoms with Crippen LogP contribution in [0.2, 0.25) is 0 Å². The van der Waals surface area contributed by atoms with Crippen LogP contribution in [0.25, 0.3) is 0 Å². The predicted octanol–water partition coefficient (Wildman–Crippen LogP) is 3.82. The minimum absolute atomic E-state index is 0.389. The summed E-state index contributed by atoms with van der Waals surface area (Å²) in [5.41, 5.74) is 0.389. The van der Waals surface area contributed by atoms with E-state index >= 15 is 0 Å². The molecule has 18 heavy (non-hydrogen) atoms. The summed E-state index contributed by atoms with van der Waals surface area (Å²) in [4.78, 5) is 4.94. The molecule has 3 atom stereocenters. The molecular formula is C15H26N2S. The Morgan fingerprint density at radius 3 is 2.83 bits per heavy atom. The number of thioether (sulfide) groups is 1. The molecule has 0 aromatic carbocycles. The molecule has 0 amide bonds. The lowest BCUT2D eigenvalue weighted by Gasteiger charge is -2.36. The van der Waals surface area contributed by atoms with E-state index in [-0.39, 0.29) is 0 Å². The molecule has 3 heteroatoms. The number of aliphatic imine (C=N–C) groups is 1. The van der Waals surface area contributed by atoms with Crippen LogP contribution in [0.15, 0.2) is 4.99 Å². The van der Waals surface area contributed by atoms with Gasteiger partial charge >= 0.3 is 0 Å². The van der Waals surface area contributed by atoms with E-state index in [0.717, 1.165) is 11.8 Å². The molecule has 1 N–H and O–H groups in total. The lowest BCUT2D eigenvalue weighted by molar-refractivity contribution is 0.241. The quantitative estimate of drug-likeness (QED) is 0.822. The highest BCUT2D eigenvalue weighted by Gasteiger charge is 2.40. The van der Waals surface area contributed by atoms with Crippen LogP contribution >= 0.6 is 11.8 Å². The van der Waals surface area contributed by atoms with Crippen molar-refractivity contribution >= 4 is 16.9 Å². The molecule has 1 heterocycles. The predicted molar refractivity (Wildman–Crippen MR) is 80.2 cm³/mol. The zero-order valence-corrected chi connectivity index (χ0v) is 12.6. The zero-order valence-electron chi connectivity index (χ0n) is 11.7. The largest absolute Gasteiger partial charge is 0.359 e. The molecule has 3 aliphatic rings. The summed E-state index contributed by atoms with van der Waals surface area (Å²) in [5.74, 6) is 2.99. The van der Waals surface area contributed by atoms with Gasteiger partial charge in [0.1, 0.15) is 0 Å². The summed E-state index contributed by atoms with van der Waals surface area (Å²) < 4.78 is 0. The molecule has 2 aliphatic carbocycles. The Bertz CT molecular complexity index is 337. The lowest BCUT2D eigenvalue weighted by Crippen LogP contribution is -2.47. The standard InChI is InChI=1S/C15H26N2S/c1-11-5-4-8-15(9-11)10-18-14(17-15)16-12(2)13-6-3-7-13/h11-13H,3-10H2,1-2H3,(H,16,17). The first-order chi connectivity index (χ1) is 8.67. The summed E-state index contributed by atoms with van der Waals surface area (Å²) in [7, 11) is 0. The number of rotatable bonds is 2. The van der Waals surface area contributed by atoms with E-state index in [9.17, 15) is 0 Å². The van der Waals surface area contributed by atoms with E-state index in [1.165, 1.54) is 55.9 Å². The Balaban J connectivity index is 1.61. The highest BCUT2D eigenvalue weighted by molar-refractivity contribution is 8.14. The SMILES string of the molecule is CC1CCCC2(CSC(=NC(C)C3CCC3)N2)C1. The molecule has 2 nitrogen and oxygen atoms in total. The van der Waals surface area contributed by atoms with Crippen LogP contribution in [0.1, 0.15) is 58.8 Å². The molecule has 102 valence electrons. The van der Waals surface area contributed by atoms with Crippen molar-refractivity contribution in [2.24, 2.45) is 16.8 Å². The van der Waals surface area contributed by atoms with Gasteiger partial charge in [0, 0.05) is 11.3 Å². The fourth-order valence-corrected chi connectivity index (χ4v) is 4.97. The third-order valence-corrected chi connectivity index (χ3v) is 6.28. The summed E-state index contributed by atoms with van der Waals surface area (Å²) in [6.45, 7) is 4.70. The van der Waals surface area contributed by atoms with E-state index < -0.39 is 0 Å². The van der Waals surface area contributed by atoms with Gasteiger partial charge < -0.3 is 5.32 Å². The smallest absolute Gasteiger partial charge is 0.157 e. The van der Waals surface area contributed by atoms with Gasteiger partial charge in [0.05, 0.1) is 6.04 Å². The number of amidine groups is 1. The maximum absolute atomic E-state index is 4.94. The minimum Gasteiger partial charge on any atom is -0.359 e. The fraction of sp³-hybridized carbons (Fsp3) is 0.933. The third kappa shape index (κ3) is 2.56. The molecule has 1 saturated heterocycles. The van der Waals surface area contributed by atoms with Crippen LogP contribution in [0.4, 0.5) is 0 Å². The third-order valence-electron chi connectivity index (χ3n) is 5.10. The van der Waals surface area contributed by atoms with Crippen LogP contribution in [-0.4, -0.2) is 22.5 Å². The topological polar surface area (TPSA) is 24.4 Å². The highest BCUT2D eigenvalue weighted by Crippen LogP contribution is 2.39. The van der Waals surface area contributed by atoms with E-state index in [1.807, 2.05) is 11.8 Å². The van der Waals surface area contributed by atoms with Crippen LogP contribution < -0.4 is 5.32 Å². The van der Waals surface area contributed by atoms with Crippen molar-refractivity contribution in [3.8, 4) is 0 Å². The van der Waals surface area contributed by atoms with E-state index in [2.05, 4.69) is 19.2 Å². The Hall–Kier alpha value is -0.180. The summed E-state index contributed by atoms with van der Waals surface area (Å²) in [5, 5.41) is 5.02. The number of hydrogen-bond acceptors (Lipinski definition) is 2. The lowest BCUT2D eigenvalue weighted by atomic mass is 9.78. The van der Waals surface area contributed by atoms with Crippen molar-refractivity contribution in [1.82, 2.24) is 5.32 Å². The summed E-state index contributed by atoms with van der Waals surface area (Å²) >= 11 is 1.97. The average Bonchev–Trinajstić information content (AvgIpc) is 2.58. The number of hydrogen-bond donors (Lipinski definition) is 1. The monoisotopic (exact) mass is 266 g/mol. The van der Waals surface area contributed by atoms with Gasteiger partial charge in [-0.05, 0) is 44.4 Å². The van der Waals surface area contributed by atoms with E-state index in [0.29, 0.717) is 11.6 Å². The van der Waals surface area contributed by atoms with Crippen molar-refractivity contribution in [3.63, 3.8) is 0 Å². The molecule has 0 bridgehead atoms. The second-order valence-electron chi connectivity index (χ2n) is 6.76. The van der Waals surface area contributed by atoms with Crippen LogP contribution in [0.3, 0.4) is 0 Å².